The Hall–Kier alpha value is -2.67. The highest BCUT2D eigenvalue weighted by Crippen LogP contribution is 2.22. The molecule has 3 rings (SSSR count). The van der Waals surface area contributed by atoms with Gasteiger partial charge in [-0.25, -0.2) is 4.98 Å². The molecule has 0 aliphatic carbocycles. The number of hydrogen-bond donors (Lipinski definition) is 2. The number of hydrogen-bond acceptors (Lipinski definition) is 6. The summed E-state index contributed by atoms with van der Waals surface area (Å²) in [7, 11) is 0. The number of thiazole rings is 1. The first-order chi connectivity index (χ1) is 10.2. The van der Waals surface area contributed by atoms with Gasteiger partial charge in [-0.05, 0) is 31.2 Å². The summed E-state index contributed by atoms with van der Waals surface area (Å²) in [5.41, 5.74) is 2.82. The summed E-state index contributed by atoms with van der Waals surface area (Å²) in [5.74, 6) is -0.306. The normalized spacial score (nSPS) is 10.3. The zero-order valence-electron chi connectivity index (χ0n) is 11.2. The number of carbonyl (C=O) groups is 1. The van der Waals surface area contributed by atoms with Crippen LogP contribution in [0.3, 0.4) is 0 Å². The molecule has 2 heterocycles. The van der Waals surface area contributed by atoms with Crippen LogP contribution in [0.1, 0.15) is 16.2 Å². The molecule has 0 unspecified atom stereocenters. The molecule has 3 aromatic rings. The van der Waals surface area contributed by atoms with Gasteiger partial charge in [0.1, 0.15) is 6.26 Å². The van der Waals surface area contributed by atoms with Crippen LogP contribution in [0.5, 0.6) is 0 Å². The molecule has 2 aromatic heterocycles. The van der Waals surface area contributed by atoms with E-state index in [-0.39, 0.29) is 11.6 Å². The number of anilines is 3. The molecule has 0 saturated heterocycles. The fourth-order valence-electron chi connectivity index (χ4n) is 1.70. The summed E-state index contributed by atoms with van der Waals surface area (Å²) in [6.45, 7) is 1.95. The Bertz CT molecular complexity index is 735. The van der Waals surface area contributed by atoms with Crippen LogP contribution in [0.2, 0.25) is 0 Å². The summed E-state index contributed by atoms with van der Waals surface area (Å²) in [6, 6.07) is 8.86. The van der Waals surface area contributed by atoms with E-state index < -0.39 is 0 Å². The second-order valence-corrected chi connectivity index (χ2v) is 5.19. The highest BCUT2D eigenvalue weighted by Gasteiger charge is 2.09. The lowest BCUT2D eigenvalue weighted by Gasteiger charge is -2.05. The number of amides is 1. The van der Waals surface area contributed by atoms with Crippen LogP contribution in [0.15, 0.2) is 46.5 Å². The molecule has 7 heteroatoms. The number of carbonyl (C=O) groups excluding carboxylic acids is 1. The fourth-order valence-corrected chi connectivity index (χ4v) is 2.40. The molecular formula is C14H12N4O2S. The first-order valence-electron chi connectivity index (χ1n) is 6.22. The van der Waals surface area contributed by atoms with Crippen molar-refractivity contribution in [2.75, 3.05) is 10.6 Å². The summed E-state index contributed by atoms with van der Waals surface area (Å²) in [5, 5.41) is 12.3. The molecule has 0 bridgehead atoms. The monoisotopic (exact) mass is 300 g/mol. The molecule has 0 spiro atoms. The SMILES string of the molecule is Cc1csc(Nc2ccc(NC(=O)c3ccon3)cc2)n1. The van der Waals surface area contributed by atoms with Crippen LogP contribution in [-0.2, 0) is 0 Å². The minimum absolute atomic E-state index is 0.246. The van der Waals surface area contributed by atoms with Gasteiger partial charge in [0.25, 0.3) is 5.91 Å². The van der Waals surface area contributed by atoms with Crippen molar-refractivity contribution in [2.24, 2.45) is 0 Å². The zero-order chi connectivity index (χ0) is 14.7. The average molecular weight is 300 g/mol. The van der Waals surface area contributed by atoms with E-state index in [0.717, 1.165) is 16.5 Å². The van der Waals surface area contributed by atoms with Crippen molar-refractivity contribution in [3.05, 3.63) is 53.4 Å². The number of benzene rings is 1. The largest absolute Gasteiger partial charge is 0.364 e. The minimum Gasteiger partial charge on any atom is -0.364 e. The third-order valence-corrected chi connectivity index (χ3v) is 3.56. The average Bonchev–Trinajstić information content (AvgIpc) is 3.13. The maximum atomic E-state index is 11.8. The molecule has 0 fully saturated rings. The van der Waals surface area contributed by atoms with Gasteiger partial charge in [0, 0.05) is 22.8 Å². The Morgan fingerprint density at radius 2 is 1.95 bits per heavy atom. The second-order valence-electron chi connectivity index (χ2n) is 4.34. The molecule has 1 aromatic carbocycles. The standard InChI is InChI=1S/C14H12N4O2S/c1-9-8-21-14(15-9)17-11-4-2-10(3-5-11)16-13(19)12-6-7-20-18-12/h2-8H,1H3,(H,15,17)(H,16,19). The molecule has 1 amide bonds. The van der Waals surface area contributed by atoms with Crippen molar-refractivity contribution in [2.45, 2.75) is 6.92 Å². The Morgan fingerprint density at radius 3 is 2.57 bits per heavy atom. The molecular weight excluding hydrogens is 288 g/mol. The maximum Gasteiger partial charge on any atom is 0.277 e. The summed E-state index contributed by atoms with van der Waals surface area (Å²) >= 11 is 1.55. The molecule has 6 nitrogen and oxygen atoms in total. The Kier molecular flexibility index (Phi) is 3.65. The quantitative estimate of drug-likeness (QED) is 0.771. The molecule has 0 aliphatic rings. The number of aromatic nitrogens is 2. The van der Waals surface area contributed by atoms with E-state index in [0.29, 0.717) is 5.69 Å². The summed E-state index contributed by atoms with van der Waals surface area (Å²) in [6.07, 6.45) is 1.36. The van der Waals surface area contributed by atoms with E-state index in [1.807, 2.05) is 24.4 Å². The van der Waals surface area contributed by atoms with E-state index in [4.69, 9.17) is 0 Å². The third kappa shape index (κ3) is 3.26. The topological polar surface area (TPSA) is 80.0 Å². The highest BCUT2D eigenvalue weighted by atomic mass is 32.1. The van der Waals surface area contributed by atoms with Crippen LogP contribution in [0.25, 0.3) is 0 Å². The number of rotatable bonds is 4. The number of aryl methyl sites for hydroxylation is 1. The van der Waals surface area contributed by atoms with Gasteiger partial charge in [-0.15, -0.1) is 11.3 Å². The summed E-state index contributed by atoms with van der Waals surface area (Å²) < 4.78 is 4.63. The van der Waals surface area contributed by atoms with Gasteiger partial charge in [0.2, 0.25) is 0 Å². The van der Waals surface area contributed by atoms with Crippen molar-refractivity contribution >= 4 is 33.8 Å². The van der Waals surface area contributed by atoms with Crippen molar-refractivity contribution in [3.8, 4) is 0 Å². The van der Waals surface area contributed by atoms with Gasteiger partial charge in [-0.2, -0.15) is 0 Å². The van der Waals surface area contributed by atoms with Crippen molar-refractivity contribution < 1.29 is 9.32 Å². The van der Waals surface area contributed by atoms with E-state index >= 15 is 0 Å². The molecule has 21 heavy (non-hydrogen) atoms. The lowest BCUT2D eigenvalue weighted by Crippen LogP contribution is -2.11. The summed E-state index contributed by atoms with van der Waals surface area (Å²) in [4.78, 5) is 16.1. The van der Waals surface area contributed by atoms with E-state index in [1.54, 1.807) is 23.5 Å². The number of nitrogens with zero attached hydrogens (tertiary/aromatic N) is 2. The van der Waals surface area contributed by atoms with Crippen LogP contribution in [0.4, 0.5) is 16.5 Å². The van der Waals surface area contributed by atoms with E-state index in [2.05, 4.69) is 25.3 Å². The molecule has 0 aliphatic heterocycles. The molecule has 0 radical (unpaired) electrons. The van der Waals surface area contributed by atoms with Gasteiger partial charge >= 0.3 is 0 Å². The Balaban J connectivity index is 1.65. The maximum absolute atomic E-state index is 11.8. The lowest BCUT2D eigenvalue weighted by atomic mass is 10.2. The predicted octanol–water partition coefficient (Wildman–Crippen LogP) is 3.44. The first-order valence-corrected chi connectivity index (χ1v) is 7.09. The van der Waals surface area contributed by atoms with Crippen molar-refractivity contribution in [1.82, 2.24) is 10.1 Å². The van der Waals surface area contributed by atoms with Crippen molar-refractivity contribution in [1.29, 1.82) is 0 Å². The first kappa shape index (κ1) is 13.3. The molecule has 106 valence electrons. The van der Waals surface area contributed by atoms with E-state index in [9.17, 15) is 4.79 Å². The predicted molar refractivity (Wildman–Crippen MR) is 81.0 cm³/mol. The van der Waals surface area contributed by atoms with Gasteiger partial charge in [-0.1, -0.05) is 5.16 Å². The molecule has 0 atom stereocenters. The molecule has 0 saturated carbocycles. The number of nitrogens with one attached hydrogen (secondary N) is 2. The Labute approximate surface area is 124 Å². The van der Waals surface area contributed by atoms with Gasteiger partial charge in [0.05, 0.1) is 5.69 Å². The third-order valence-electron chi connectivity index (χ3n) is 2.68. The fraction of sp³-hybridized carbons (Fsp3) is 0.0714. The van der Waals surface area contributed by atoms with Gasteiger partial charge < -0.3 is 15.2 Å². The smallest absolute Gasteiger partial charge is 0.277 e. The van der Waals surface area contributed by atoms with E-state index in [1.165, 1.54) is 12.3 Å². The Morgan fingerprint density at radius 1 is 1.19 bits per heavy atom. The second kappa shape index (κ2) is 5.76. The van der Waals surface area contributed by atoms with Crippen LogP contribution in [0, 0.1) is 6.92 Å². The van der Waals surface area contributed by atoms with Crippen LogP contribution >= 0.6 is 11.3 Å². The lowest BCUT2D eigenvalue weighted by molar-refractivity contribution is 0.101. The minimum atomic E-state index is -0.306. The highest BCUT2D eigenvalue weighted by molar-refractivity contribution is 7.13. The zero-order valence-corrected chi connectivity index (χ0v) is 12.0. The van der Waals surface area contributed by atoms with Crippen LogP contribution < -0.4 is 10.6 Å². The van der Waals surface area contributed by atoms with Gasteiger partial charge in [0.15, 0.2) is 10.8 Å². The van der Waals surface area contributed by atoms with Crippen molar-refractivity contribution in [3.63, 3.8) is 0 Å². The van der Waals surface area contributed by atoms with Crippen LogP contribution in [-0.4, -0.2) is 16.0 Å². The molecule has 2 N–H and O–H groups in total. The van der Waals surface area contributed by atoms with Gasteiger partial charge in [-0.3, -0.25) is 4.79 Å².